The third-order valence-electron chi connectivity index (χ3n) is 6.24. The maximum Gasteiger partial charge on any atom is 0.410 e. The number of H-pyrrole nitrogens is 1. The second kappa shape index (κ2) is 9.32. The van der Waals surface area contributed by atoms with Crippen LogP contribution in [0.4, 0.5) is 15.0 Å². The van der Waals surface area contributed by atoms with Gasteiger partial charge < -0.3 is 15.0 Å². The quantitative estimate of drug-likeness (QED) is 0.557. The van der Waals surface area contributed by atoms with Gasteiger partial charge in [0.1, 0.15) is 12.0 Å². The molecule has 1 aromatic carbocycles. The average molecular weight is 477 g/mol. The summed E-state index contributed by atoms with van der Waals surface area (Å²) in [6, 6.07) is 13.3. The van der Waals surface area contributed by atoms with Crippen LogP contribution in [0.3, 0.4) is 0 Å². The van der Waals surface area contributed by atoms with Gasteiger partial charge in [-0.15, -0.1) is 0 Å². The van der Waals surface area contributed by atoms with Crippen molar-refractivity contribution in [2.45, 2.75) is 32.5 Å². The van der Waals surface area contributed by atoms with Crippen molar-refractivity contribution in [2.75, 3.05) is 18.5 Å². The zero-order chi connectivity index (χ0) is 24.5. The van der Waals surface area contributed by atoms with Crippen LogP contribution in [0, 0.1) is 5.92 Å². The predicted octanol–water partition coefficient (Wildman–Crippen LogP) is 4.12. The molecule has 2 amide bonds. The molecule has 0 bridgehead atoms. The predicted molar refractivity (Wildman–Crippen MR) is 127 cm³/mol. The minimum atomic E-state index is -1.10. The number of ether oxygens (including phenoxy) is 1. The van der Waals surface area contributed by atoms with Crippen LogP contribution in [-0.2, 0) is 22.5 Å². The average Bonchev–Trinajstić information content (AvgIpc) is 3.48. The van der Waals surface area contributed by atoms with Crippen molar-refractivity contribution in [3.63, 3.8) is 0 Å². The number of hydrogen-bond donors (Lipinski definition) is 2. The number of halogens is 1. The summed E-state index contributed by atoms with van der Waals surface area (Å²) in [5.74, 6) is -0.876. The molecule has 3 heterocycles. The fourth-order valence-electron chi connectivity index (χ4n) is 4.43. The summed E-state index contributed by atoms with van der Waals surface area (Å²) in [4.78, 5) is 46.6. The van der Waals surface area contributed by atoms with E-state index in [-0.39, 0.29) is 31.9 Å². The van der Waals surface area contributed by atoms with Crippen LogP contribution >= 0.6 is 0 Å². The van der Waals surface area contributed by atoms with Crippen molar-refractivity contribution in [3.05, 3.63) is 71.0 Å². The maximum atomic E-state index is 13.3. The molecule has 2 aromatic heterocycles. The zero-order valence-electron chi connectivity index (χ0n) is 19.2. The highest BCUT2D eigenvalue weighted by Gasteiger charge is 2.43. The van der Waals surface area contributed by atoms with E-state index >= 15 is 0 Å². The number of benzene rings is 1. The third-order valence-corrected chi connectivity index (χ3v) is 6.24. The lowest BCUT2D eigenvalue weighted by Gasteiger charge is -2.25. The molecule has 35 heavy (non-hydrogen) atoms. The van der Waals surface area contributed by atoms with Gasteiger partial charge >= 0.3 is 6.09 Å². The van der Waals surface area contributed by atoms with Gasteiger partial charge in [-0.05, 0) is 36.6 Å². The number of aromatic nitrogens is 2. The summed E-state index contributed by atoms with van der Waals surface area (Å²) in [6.45, 7) is 2.10. The van der Waals surface area contributed by atoms with Gasteiger partial charge in [0.2, 0.25) is 5.91 Å². The second-order valence-corrected chi connectivity index (χ2v) is 8.75. The summed E-state index contributed by atoms with van der Waals surface area (Å²) in [5, 5.41) is 2.68. The van der Waals surface area contributed by atoms with E-state index in [0.29, 0.717) is 29.2 Å². The summed E-state index contributed by atoms with van der Waals surface area (Å²) >= 11 is 0. The Kier molecular flexibility index (Phi) is 6.07. The van der Waals surface area contributed by atoms with E-state index in [0.717, 1.165) is 16.7 Å². The fourth-order valence-corrected chi connectivity index (χ4v) is 4.43. The number of anilines is 1. The van der Waals surface area contributed by atoms with Gasteiger partial charge in [0.05, 0.1) is 31.3 Å². The van der Waals surface area contributed by atoms with E-state index in [1.165, 1.54) is 4.90 Å². The highest BCUT2D eigenvalue weighted by molar-refractivity contribution is 6.04. The molecule has 1 saturated carbocycles. The van der Waals surface area contributed by atoms with Gasteiger partial charge in [-0.2, -0.15) is 0 Å². The molecule has 9 heteroatoms. The molecule has 1 fully saturated rings. The minimum absolute atomic E-state index is 0.0612. The number of amides is 2. The summed E-state index contributed by atoms with van der Waals surface area (Å²) in [5.41, 5.74) is 4.49. The van der Waals surface area contributed by atoms with Crippen molar-refractivity contribution >= 4 is 23.6 Å². The van der Waals surface area contributed by atoms with Crippen molar-refractivity contribution in [2.24, 2.45) is 5.92 Å². The number of nitrogens with zero attached hydrogens (tertiary/aromatic N) is 2. The van der Waals surface area contributed by atoms with Gasteiger partial charge in [0, 0.05) is 29.4 Å². The maximum absolute atomic E-state index is 13.3. The topological polar surface area (TPSA) is 104 Å². The normalized spacial score (nSPS) is 18.7. The van der Waals surface area contributed by atoms with Crippen LogP contribution in [-0.4, -0.2) is 52.0 Å². The smallest absolute Gasteiger partial charge is 0.410 e. The van der Waals surface area contributed by atoms with E-state index in [1.807, 2.05) is 30.3 Å². The lowest BCUT2D eigenvalue weighted by atomic mass is 9.94. The Bertz CT molecular complexity index is 1290. The van der Waals surface area contributed by atoms with Crippen molar-refractivity contribution in [3.8, 4) is 11.3 Å². The number of rotatable bonds is 6. The Morgan fingerprint density at radius 2 is 2.00 bits per heavy atom. The molecule has 8 nitrogen and oxygen atoms in total. The Morgan fingerprint density at radius 3 is 2.71 bits per heavy atom. The summed E-state index contributed by atoms with van der Waals surface area (Å²) in [6.07, 6.45) is 0.660. The molecule has 0 spiro atoms. The lowest BCUT2D eigenvalue weighted by molar-refractivity contribution is -0.117. The number of carbonyl (C=O) groups excluding carboxylic acids is 3. The van der Waals surface area contributed by atoms with Gasteiger partial charge in [0.15, 0.2) is 5.78 Å². The van der Waals surface area contributed by atoms with Crippen LogP contribution in [0.2, 0.25) is 0 Å². The first kappa shape index (κ1) is 22.8. The Hall–Kier alpha value is -4.01. The van der Waals surface area contributed by atoms with E-state index in [4.69, 9.17) is 4.74 Å². The van der Waals surface area contributed by atoms with Crippen molar-refractivity contribution in [1.29, 1.82) is 0 Å². The Labute approximate surface area is 201 Å². The van der Waals surface area contributed by atoms with E-state index in [2.05, 4.69) is 15.3 Å². The number of Topliss-reactive ketones (excluding diaryl/α,β-unsaturated/α-hetero) is 1. The van der Waals surface area contributed by atoms with Crippen LogP contribution < -0.4 is 5.32 Å². The number of pyridine rings is 1. The molecule has 0 unspecified atom stereocenters. The number of nitrogens with one attached hydrogen (secondary N) is 2. The van der Waals surface area contributed by atoms with Gasteiger partial charge in [-0.3, -0.25) is 14.5 Å². The molecule has 1 aliphatic heterocycles. The molecule has 1 aliphatic carbocycles. The van der Waals surface area contributed by atoms with Gasteiger partial charge in [-0.25, -0.2) is 14.2 Å². The van der Waals surface area contributed by atoms with Crippen molar-refractivity contribution < 1.29 is 23.5 Å². The van der Waals surface area contributed by atoms with E-state index in [9.17, 15) is 18.8 Å². The molecule has 180 valence electrons. The molecule has 0 radical (unpaired) electrons. The van der Waals surface area contributed by atoms with Crippen LogP contribution in [0.25, 0.3) is 11.3 Å². The SMILES string of the molecule is CCOC(=O)N1CC(=O)c2c([nH]c(-c3ccnc(NC(=O)[C@@H]4C[C@@H]4F)c3)c2Cc2ccccc2)C1. The highest BCUT2D eigenvalue weighted by Crippen LogP contribution is 2.36. The molecule has 2 N–H and O–H groups in total. The van der Waals surface area contributed by atoms with Crippen LogP contribution in [0.15, 0.2) is 48.7 Å². The number of ketones is 1. The van der Waals surface area contributed by atoms with Crippen LogP contribution in [0.1, 0.15) is 40.5 Å². The molecule has 0 saturated heterocycles. The molecular formula is C26H25FN4O4. The molecule has 2 atom stereocenters. The largest absolute Gasteiger partial charge is 0.450 e. The van der Waals surface area contributed by atoms with E-state index < -0.39 is 24.1 Å². The zero-order valence-corrected chi connectivity index (χ0v) is 19.2. The number of hydrogen-bond acceptors (Lipinski definition) is 5. The highest BCUT2D eigenvalue weighted by atomic mass is 19.1. The fraction of sp³-hybridized carbons (Fsp3) is 0.308. The molecule has 5 rings (SSSR count). The first-order valence-corrected chi connectivity index (χ1v) is 11.6. The summed E-state index contributed by atoms with van der Waals surface area (Å²) < 4.78 is 18.4. The Morgan fingerprint density at radius 1 is 1.23 bits per heavy atom. The molecular weight excluding hydrogens is 451 g/mol. The molecule has 2 aliphatic rings. The third kappa shape index (κ3) is 4.66. The van der Waals surface area contributed by atoms with Crippen molar-refractivity contribution in [1.82, 2.24) is 14.9 Å². The number of fused-ring (bicyclic) bond motifs is 1. The standard InChI is InChI=1S/C26H25FN4O4/c1-2-35-26(34)31-13-20-23(21(32)14-31)18(10-15-6-4-3-5-7-15)24(29-20)16-8-9-28-22(11-16)30-25(33)17-12-19(17)27/h3-9,11,17,19,29H,2,10,12-14H2,1H3,(H,28,30,33)/t17-,19+/m1/s1. The second-order valence-electron chi connectivity index (χ2n) is 8.75. The van der Waals surface area contributed by atoms with E-state index in [1.54, 1.807) is 25.3 Å². The number of alkyl halides is 1. The minimum Gasteiger partial charge on any atom is -0.450 e. The van der Waals surface area contributed by atoms with Crippen LogP contribution in [0.5, 0.6) is 0 Å². The number of aromatic amines is 1. The monoisotopic (exact) mass is 476 g/mol. The number of carbonyl (C=O) groups is 3. The lowest BCUT2D eigenvalue weighted by Crippen LogP contribution is -2.39. The summed E-state index contributed by atoms with van der Waals surface area (Å²) in [7, 11) is 0. The van der Waals surface area contributed by atoms with Gasteiger partial charge in [-0.1, -0.05) is 30.3 Å². The first-order valence-electron chi connectivity index (χ1n) is 11.6. The first-order chi connectivity index (χ1) is 16.9. The molecule has 3 aromatic rings. The Balaban J connectivity index is 1.52. The van der Waals surface area contributed by atoms with Gasteiger partial charge in [0.25, 0.3) is 0 Å².